The van der Waals surface area contributed by atoms with E-state index >= 15 is 0 Å². The average molecular weight is 170 g/mol. The van der Waals surface area contributed by atoms with Gasteiger partial charge in [-0.1, -0.05) is 6.92 Å². The third kappa shape index (κ3) is 4.55. The highest BCUT2D eigenvalue weighted by molar-refractivity contribution is 5.83. The van der Waals surface area contributed by atoms with Gasteiger partial charge in [-0.25, -0.2) is 4.79 Å². The van der Waals surface area contributed by atoms with Crippen LogP contribution in [0.2, 0.25) is 0 Å². The molecule has 0 rings (SSSR count). The molecule has 0 heterocycles. The summed E-state index contributed by atoms with van der Waals surface area (Å²) in [4.78, 5) is 10.8. The van der Waals surface area contributed by atoms with Crippen molar-refractivity contribution in [3.63, 3.8) is 0 Å². The minimum atomic E-state index is -0.340. The molecular weight excluding hydrogens is 156 g/mol. The number of hydrogen-bond acceptors (Lipinski definition) is 3. The predicted octanol–water partition coefficient (Wildman–Crippen LogP) is 1.66. The average Bonchev–Trinajstić information content (AvgIpc) is 2.11. The molecule has 0 atom stereocenters. The smallest absolute Gasteiger partial charge is 0.330 e. The summed E-state index contributed by atoms with van der Waals surface area (Å²) < 4.78 is 9.19. The molecule has 0 amide bonds. The summed E-state index contributed by atoms with van der Waals surface area (Å²) in [5.74, 6) is -0.340. The third-order valence-corrected chi connectivity index (χ3v) is 1.33. The van der Waals surface area contributed by atoms with Crippen molar-refractivity contribution in [3.05, 3.63) is 24.0 Å². The van der Waals surface area contributed by atoms with Crippen LogP contribution in [0.3, 0.4) is 0 Å². The first kappa shape index (κ1) is 10.8. The van der Waals surface area contributed by atoms with Crippen molar-refractivity contribution in [1.29, 1.82) is 0 Å². The van der Waals surface area contributed by atoms with Crippen molar-refractivity contribution in [2.45, 2.75) is 13.3 Å². The summed E-state index contributed by atoms with van der Waals surface area (Å²) in [5.41, 5.74) is 0.878. The van der Waals surface area contributed by atoms with Gasteiger partial charge in [0.25, 0.3) is 0 Å². The van der Waals surface area contributed by atoms with E-state index in [2.05, 4.69) is 4.74 Å². The van der Waals surface area contributed by atoms with Crippen LogP contribution in [-0.4, -0.2) is 20.2 Å². The summed E-state index contributed by atoms with van der Waals surface area (Å²) in [5, 5.41) is 0. The van der Waals surface area contributed by atoms with Crippen LogP contribution >= 0.6 is 0 Å². The van der Waals surface area contributed by atoms with Gasteiger partial charge in [-0.15, -0.1) is 0 Å². The van der Waals surface area contributed by atoms with E-state index in [4.69, 9.17) is 4.74 Å². The Bertz CT molecular complexity index is 192. The maximum absolute atomic E-state index is 10.8. The van der Waals surface area contributed by atoms with Crippen LogP contribution in [0.1, 0.15) is 13.3 Å². The Kier molecular flexibility index (Phi) is 5.79. The molecule has 0 aromatic rings. The number of ether oxygens (including phenoxy) is 2. The summed E-state index contributed by atoms with van der Waals surface area (Å²) >= 11 is 0. The molecule has 3 heteroatoms. The van der Waals surface area contributed by atoms with Crippen LogP contribution in [0.4, 0.5) is 0 Å². The van der Waals surface area contributed by atoms with Gasteiger partial charge in [0.1, 0.15) is 0 Å². The van der Waals surface area contributed by atoms with E-state index < -0.39 is 0 Å². The van der Waals surface area contributed by atoms with Gasteiger partial charge in [0.15, 0.2) is 0 Å². The number of rotatable bonds is 4. The van der Waals surface area contributed by atoms with Crippen LogP contribution < -0.4 is 0 Å². The molecule has 0 unspecified atom stereocenters. The van der Waals surface area contributed by atoms with Crippen molar-refractivity contribution in [2.75, 3.05) is 14.2 Å². The highest BCUT2D eigenvalue weighted by atomic mass is 16.5. The highest BCUT2D eigenvalue weighted by Crippen LogP contribution is 2.02. The fourth-order valence-electron chi connectivity index (χ4n) is 0.634. The van der Waals surface area contributed by atoms with Gasteiger partial charge >= 0.3 is 5.97 Å². The van der Waals surface area contributed by atoms with E-state index in [0.717, 1.165) is 12.0 Å². The number of carbonyl (C=O) groups is 1. The molecule has 0 fully saturated rings. The zero-order chi connectivity index (χ0) is 9.40. The molecule has 12 heavy (non-hydrogen) atoms. The molecule has 68 valence electrons. The predicted molar refractivity (Wildman–Crippen MR) is 46.5 cm³/mol. The normalized spacial score (nSPS) is 11.8. The molecule has 0 spiro atoms. The van der Waals surface area contributed by atoms with Gasteiger partial charge in [-0.3, -0.25) is 0 Å². The molecule has 0 aliphatic heterocycles. The number of allylic oxidation sites excluding steroid dienone is 2. The van der Waals surface area contributed by atoms with Gasteiger partial charge in [-0.2, -0.15) is 0 Å². The Morgan fingerprint density at radius 2 is 2.08 bits per heavy atom. The molecule has 0 N–H and O–H groups in total. The number of hydrogen-bond donors (Lipinski definition) is 0. The first-order chi connectivity index (χ1) is 5.74. The maximum atomic E-state index is 10.8. The van der Waals surface area contributed by atoms with Gasteiger partial charge in [0, 0.05) is 6.08 Å². The molecular formula is C9H14O3. The van der Waals surface area contributed by atoms with Crippen molar-refractivity contribution in [1.82, 2.24) is 0 Å². The second-order valence-corrected chi connectivity index (χ2v) is 2.13. The Balaban J connectivity index is 4.22. The molecule has 0 radical (unpaired) electrons. The van der Waals surface area contributed by atoms with Gasteiger partial charge in [0.05, 0.1) is 20.5 Å². The summed E-state index contributed by atoms with van der Waals surface area (Å²) in [7, 11) is 2.91. The lowest BCUT2D eigenvalue weighted by Gasteiger charge is -1.96. The maximum Gasteiger partial charge on any atom is 0.330 e. The van der Waals surface area contributed by atoms with E-state index in [1.54, 1.807) is 13.2 Å². The van der Waals surface area contributed by atoms with E-state index in [0.29, 0.717) is 0 Å². The van der Waals surface area contributed by atoms with Gasteiger partial charge < -0.3 is 9.47 Å². The van der Waals surface area contributed by atoms with Crippen molar-refractivity contribution in [3.8, 4) is 0 Å². The van der Waals surface area contributed by atoms with E-state index in [-0.39, 0.29) is 5.97 Å². The Morgan fingerprint density at radius 3 is 2.50 bits per heavy atom. The first-order valence-electron chi connectivity index (χ1n) is 3.72. The summed E-state index contributed by atoms with van der Waals surface area (Å²) in [6.45, 7) is 1.95. The molecule has 3 nitrogen and oxygen atoms in total. The highest BCUT2D eigenvalue weighted by Gasteiger charge is 1.95. The number of carbonyl (C=O) groups excluding carboxylic acids is 1. The van der Waals surface area contributed by atoms with E-state index in [1.165, 1.54) is 19.4 Å². The lowest BCUT2D eigenvalue weighted by molar-refractivity contribution is -0.134. The first-order valence-corrected chi connectivity index (χ1v) is 3.72. The minimum absolute atomic E-state index is 0.340. The second-order valence-electron chi connectivity index (χ2n) is 2.13. The van der Waals surface area contributed by atoms with E-state index in [1.807, 2.05) is 6.92 Å². The SMILES string of the molecule is CCC(C=COC)=CC(=O)OC. The van der Waals surface area contributed by atoms with Crippen LogP contribution in [-0.2, 0) is 14.3 Å². The van der Waals surface area contributed by atoms with Gasteiger partial charge in [-0.05, 0) is 18.1 Å². The lowest BCUT2D eigenvalue weighted by Crippen LogP contribution is -1.95. The Morgan fingerprint density at radius 1 is 1.42 bits per heavy atom. The molecule has 0 aromatic carbocycles. The minimum Gasteiger partial charge on any atom is -0.504 e. The molecule has 0 aromatic heterocycles. The van der Waals surface area contributed by atoms with Crippen LogP contribution in [0.5, 0.6) is 0 Å². The van der Waals surface area contributed by atoms with Crippen molar-refractivity contribution >= 4 is 5.97 Å². The fourth-order valence-corrected chi connectivity index (χ4v) is 0.634. The molecule has 0 saturated heterocycles. The van der Waals surface area contributed by atoms with Gasteiger partial charge in [0.2, 0.25) is 0 Å². The fraction of sp³-hybridized carbons (Fsp3) is 0.444. The van der Waals surface area contributed by atoms with Crippen molar-refractivity contribution < 1.29 is 14.3 Å². The topological polar surface area (TPSA) is 35.5 Å². The Labute approximate surface area is 72.7 Å². The zero-order valence-electron chi connectivity index (χ0n) is 7.66. The van der Waals surface area contributed by atoms with Crippen LogP contribution in [0.15, 0.2) is 24.0 Å². The lowest BCUT2D eigenvalue weighted by atomic mass is 10.2. The van der Waals surface area contributed by atoms with E-state index in [9.17, 15) is 4.79 Å². The quantitative estimate of drug-likeness (QED) is 0.278. The van der Waals surface area contributed by atoms with Crippen LogP contribution in [0.25, 0.3) is 0 Å². The zero-order valence-corrected chi connectivity index (χ0v) is 7.66. The summed E-state index contributed by atoms with van der Waals surface area (Å²) in [6.07, 6.45) is 5.47. The third-order valence-electron chi connectivity index (χ3n) is 1.33. The number of methoxy groups -OCH3 is 2. The number of esters is 1. The monoisotopic (exact) mass is 170 g/mol. The molecule has 0 bridgehead atoms. The molecule has 0 aliphatic carbocycles. The molecule has 0 saturated carbocycles. The Hall–Kier alpha value is -1.25. The van der Waals surface area contributed by atoms with Crippen LogP contribution in [0, 0.1) is 0 Å². The largest absolute Gasteiger partial charge is 0.504 e. The molecule has 0 aliphatic rings. The standard InChI is InChI=1S/C9H14O3/c1-4-8(5-6-11-2)7-9(10)12-3/h5-7H,4H2,1-3H3. The van der Waals surface area contributed by atoms with Crippen molar-refractivity contribution in [2.24, 2.45) is 0 Å². The second kappa shape index (κ2) is 6.46. The summed E-state index contributed by atoms with van der Waals surface area (Å²) in [6, 6.07) is 0.